The Kier molecular flexibility index (Phi) is 5.69. The van der Waals surface area contributed by atoms with Crippen LogP contribution in [0.3, 0.4) is 0 Å². The summed E-state index contributed by atoms with van der Waals surface area (Å²) in [5.74, 6) is 2.51. The first-order valence-corrected chi connectivity index (χ1v) is 12.2. The third kappa shape index (κ3) is 3.82. The minimum atomic E-state index is -1.50. The Hall–Kier alpha value is -3.76. The van der Waals surface area contributed by atoms with E-state index in [1.54, 1.807) is 24.3 Å². The maximum absolute atomic E-state index is 12.6. The zero-order valence-corrected chi connectivity index (χ0v) is 20.5. The Balaban J connectivity index is 1.58. The Morgan fingerprint density at radius 2 is 1.00 bits per heavy atom. The van der Waals surface area contributed by atoms with Crippen LogP contribution in [0.25, 0.3) is 11.1 Å². The highest BCUT2D eigenvalue weighted by Gasteiger charge is 2.37. The molecule has 0 fully saturated rings. The monoisotopic (exact) mass is 510 g/mol. The van der Waals surface area contributed by atoms with Gasteiger partial charge in [-0.15, -0.1) is 0 Å². The van der Waals surface area contributed by atoms with Crippen LogP contribution in [0.5, 0.6) is 23.0 Å². The molecule has 0 aromatic heterocycles. The summed E-state index contributed by atoms with van der Waals surface area (Å²) in [6.45, 7) is 0. The van der Waals surface area contributed by atoms with Crippen molar-refractivity contribution in [3.8, 4) is 34.1 Å². The van der Waals surface area contributed by atoms with E-state index in [0.717, 1.165) is 11.1 Å². The fourth-order valence-corrected chi connectivity index (χ4v) is 4.91. The highest BCUT2D eigenvalue weighted by atomic mass is 35.5. The second-order valence-corrected chi connectivity index (χ2v) is 9.43. The molecule has 1 heterocycles. The summed E-state index contributed by atoms with van der Waals surface area (Å²) in [7, 11) is 0. The predicted octanol–water partition coefficient (Wildman–Crippen LogP) is 8.84. The van der Waals surface area contributed by atoms with Crippen molar-refractivity contribution >= 4 is 23.2 Å². The van der Waals surface area contributed by atoms with E-state index in [2.05, 4.69) is 0 Å². The number of ether oxygens (including phenoxy) is 2. The van der Waals surface area contributed by atoms with Crippen LogP contribution in [-0.2, 0) is 5.60 Å². The maximum atomic E-state index is 12.6. The molecule has 0 amide bonds. The minimum absolute atomic E-state index is 0.590. The van der Waals surface area contributed by atoms with Crippen molar-refractivity contribution in [1.29, 1.82) is 0 Å². The highest BCUT2D eigenvalue weighted by Crippen LogP contribution is 2.51. The van der Waals surface area contributed by atoms with E-state index in [0.29, 0.717) is 49.7 Å². The molecule has 1 aliphatic rings. The lowest BCUT2D eigenvalue weighted by Crippen LogP contribution is -2.29. The van der Waals surface area contributed by atoms with Crippen molar-refractivity contribution in [3.05, 3.63) is 142 Å². The van der Waals surface area contributed by atoms with Crippen LogP contribution < -0.4 is 9.47 Å². The Morgan fingerprint density at radius 3 is 1.64 bits per heavy atom. The molecular weight excluding hydrogens is 491 g/mol. The molecule has 36 heavy (non-hydrogen) atoms. The van der Waals surface area contributed by atoms with E-state index in [1.807, 2.05) is 91.0 Å². The van der Waals surface area contributed by atoms with Crippen LogP contribution in [0.2, 0.25) is 10.0 Å². The second kappa shape index (κ2) is 9.03. The SMILES string of the molecule is OC(c1ccc(Cl)cc1)(c1ccc(Cl)cc1)c1ccccc1-c1cccc2c1Oc1ccccc1O2. The lowest BCUT2D eigenvalue weighted by molar-refractivity contribution is 0.126. The maximum Gasteiger partial charge on any atom is 0.177 e. The van der Waals surface area contributed by atoms with Gasteiger partial charge in [0.2, 0.25) is 0 Å². The van der Waals surface area contributed by atoms with Crippen LogP contribution in [0.15, 0.2) is 115 Å². The van der Waals surface area contributed by atoms with E-state index >= 15 is 0 Å². The normalized spacial score (nSPS) is 12.2. The van der Waals surface area contributed by atoms with Gasteiger partial charge in [-0.1, -0.05) is 96.0 Å². The van der Waals surface area contributed by atoms with Crippen molar-refractivity contribution in [2.24, 2.45) is 0 Å². The molecule has 5 heteroatoms. The summed E-state index contributed by atoms with van der Waals surface area (Å²) in [6.07, 6.45) is 0. The minimum Gasteiger partial charge on any atom is -0.449 e. The predicted molar refractivity (Wildman–Crippen MR) is 143 cm³/mol. The number of aliphatic hydroxyl groups is 1. The van der Waals surface area contributed by atoms with Gasteiger partial charge in [0.15, 0.2) is 23.0 Å². The van der Waals surface area contributed by atoms with Gasteiger partial charge in [-0.05, 0) is 59.2 Å². The van der Waals surface area contributed by atoms with Gasteiger partial charge in [0.1, 0.15) is 5.60 Å². The average Bonchev–Trinajstić information content (AvgIpc) is 2.92. The summed E-state index contributed by atoms with van der Waals surface area (Å²) in [5, 5.41) is 13.7. The molecule has 0 saturated heterocycles. The highest BCUT2D eigenvalue weighted by molar-refractivity contribution is 6.30. The first-order chi connectivity index (χ1) is 17.5. The first kappa shape index (κ1) is 22.7. The number of hydrogen-bond donors (Lipinski definition) is 1. The van der Waals surface area contributed by atoms with Gasteiger partial charge in [-0.3, -0.25) is 0 Å². The molecule has 0 atom stereocenters. The molecule has 1 N–H and O–H groups in total. The van der Waals surface area contributed by atoms with Crippen LogP contribution >= 0.6 is 23.2 Å². The van der Waals surface area contributed by atoms with Gasteiger partial charge in [0.05, 0.1) is 0 Å². The van der Waals surface area contributed by atoms with Gasteiger partial charge in [-0.25, -0.2) is 0 Å². The molecule has 1 aliphatic heterocycles. The van der Waals surface area contributed by atoms with Crippen LogP contribution in [-0.4, -0.2) is 5.11 Å². The first-order valence-electron chi connectivity index (χ1n) is 11.5. The van der Waals surface area contributed by atoms with E-state index < -0.39 is 5.60 Å². The standard InChI is InChI=1S/C31H20Cl2O3/c32-22-16-12-20(13-17-22)31(34,21-14-18-23(33)19-15-21)26-8-2-1-6-24(26)25-7-5-11-29-30(25)36-28-10-4-3-9-27(28)35-29/h1-19,34H. The quantitative estimate of drug-likeness (QED) is 0.240. The Bertz CT molecular complexity index is 1510. The Morgan fingerprint density at radius 1 is 0.500 bits per heavy atom. The average molecular weight is 511 g/mol. The van der Waals surface area contributed by atoms with Crippen molar-refractivity contribution < 1.29 is 14.6 Å². The Labute approximate surface area is 219 Å². The molecule has 0 aliphatic carbocycles. The number of hydrogen-bond acceptors (Lipinski definition) is 3. The summed E-state index contributed by atoms with van der Waals surface area (Å²) >= 11 is 12.4. The van der Waals surface area contributed by atoms with Gasteiger partial charge in [0, 0.05) is 21.2 Å². The second-order valence-electron chi connectivity index (χ2n) is 8.55. The molecule has 6 rings (SSSR count). The molecule has 0 bridgehead atoms. The molecule has 176 valence electrons. The van der Waals surface area contributed by atoms with Crippen LogP contribution in [0.4, 0.5) is 0 Å². The summed E-state index contributed by atoms with van der Waals surface area (Å²) < 4.78 is 12.5. The summed E-state index contributed by atoms with van der Waals surface area (Å²) in [4.78, 5) is 0. The van der Waals surface area contributed by atoms with Crippen molar-refractivity contribution in [2.75, 3.05) is 0 Å². The fraction of sp³-hybridized carbons (Fsp3) is 0.0323. The number of rotatable bonds is 4. The number of fused-ring (bicyclic) bond motifs is 2. The molecule has 3 nitrogen and oxygen atoms in total. The lowest BCUT2D eigenvalue weighted by atomic mass is 9.77. The third-order valence-electron chi connectivity index (χ3n) is 6.39. The van der Waals surface area contributed by atoms with E-state index in [1.165, 1.54) is 0 Å². The van der Waals surface area contributed by atoms with Crippen molar-refractivity contribution in [1.82, 2.24) is 0 Å². The van der Waals surface area contributed by atoms with Gasteiger partial charge < -0.3 is 14.6 Å². The molecule has 5 aromatic carbocycles. The van der Waals surface area contributed by atoms with Crippen LogP contribution in [0.1, 0.15) is 16.7 Å². The molecule has 5 aromatic rings. The largest absolute Gasteiger partial charge is 0.449 e. The van der Waals surface area contributed by atoms with Crippen molar-refractivity contribution in [2.45, 2.75) is 5.60 Å². The topological polar surface area (TPSA) is 38.7 Å². The molecule has 0 saturated carbocycles. The van der Waals surface area contributed by atoms with Crippen molar-refractivity contribution in [3.63, 3.8) is 0 Å². The molecule has 0 spiro atoms. The van der Waals surface area contributed by atoms with E-state index in [9.17, 15) is 5.11 Å². The summed E-state index contributed by atoms with van der Waals surface area (Å²) in [5.41, 5.74) is 2.15. The van der Waals surface area contributed by atoms with Gasteiger partial charge in [-0.2, -0.15) is 0 Å². The molecule has 0 unspecified atom stereocenters. The number of para-hydroxylation sites is 3. The zero-order valence-electron chi connectivity index (χ0n) is 19.0. The smallest absolute Gasteiger partial charge is 0.177 e. The molecule has 0 radical (unpaired) electrons. The van der Waals surface area contributed by atoms with E-state index in [-0.39, 0.29) is 0 Å². The van der Waals surface area contributed by atoms with Crippen LogP contribution in [0, 0.1) is 0 Å². The van der Waals surface area contributed by atoms with Gasteiger partial charge >= 0.3 is 0 Å². The fourth-order valence-electron chi connectivity index (χ4n) is 4.65. The number of halogens is 2. The third-order valence-corrected chi connectivity index (χ3v) is 6.89. The number of benzene rings is 5. The lowest BCUT2D eigenvalue weighted by Gasteiger charge is -2.33. The zero-order chi connectivity index (χ0) is 24.7. The molecular formula is C31H20Cl2O3. The van der Waals surface area contributed by atoms with Gasteiger partial charge in [0.25, 0.3) is 0 Å². The van der Waals surface area contributed by atoms with E-state index in [4.69, 9.17) is 32.7 Å². The summed E-state index contributed by atoms with van der Waals surface area (Å²) in [6, 6.07) is 35.5.